The van der Waals surface area contributed by atoms with Crippen molar-refractivity contribution in [3.05, 3.63) is 53.5 Å². The van der Waals surface area contributed by atoms with Crippen LogP contribution in [0.1, 0.15) is 10.6 Å². The van der Waals surface area contributed by atoms with Gasteiger partial charge in [-0.2, -0.15) is 0 Å². The molecular weight excluding hydrogens is 278 g/mol. The molecule has 0 saturated heterocycles. The van der Waals surface area contributed by atoms with Gasteiger partial charge in [0.15, 0.2) is 0 Å². The molecule has 0 radical (unpaired) electrons. The number of rotatable bonds is 3. The third kappa shape index (κ3) is 2.19. The number of nitrogens with two attached hydrogens (primary N) is 1. The SMILES string of the molecule is NC(=O)c1oc2ccc(Cl)cc2c1Nc1cccnc1. The number of anilines is 2. The molecule has 6 heteroatoms. The number of benzene rings is 1. The molecule has 100 valence electrons. The molecule has 3 rings (SSSR count). The number of hydrogen-bond donors (Lipinski definition) is 2. The molecule has 3 aromatic rings. The lowest BCUT2D eigenvalue weighted by molar-refractivity contribution is 0.0977. The Kier molecular flexibility index (Phi) is 3.04. The summed E-state index contributed by atoms with van der Waals surface area (Å²) in [6.07, 6.45) is 3.29. The first-order chi connectivity index (χ1) is 9.65. The summed E-state index contributed by atoms with van der Waals surface area (Å²) < 4.78 is 5.47. The minimum Gasteiger partial charge on any atom is -0.449 e. The van der Waals surface area contributed by atoms with Crippen LogP contribution < -0.4 is 11.1 Å². The van der Waals surface area contributed by atoms with Gasteiger partial charge in [-0.3, -0.25) is 9.78 Å². The summed E-state index contributed by atoms with van der Waals surface area (Å²) in [6.45, 7) is 0. The van der Waals surface area contributed by atoms with Crippen molar-refractivity contribution >= 4 is 39.9 Å². The Bertz CT molecular complexity index is 784. The summed E-state index contributed by atoms with van der Waals surface area (Å²) in [5, 5.41) is 4.32. The zero-order valence-electron chi connectivity index (χ0n) is 10.3. The Morgan fingerprint density at radius 1 is 1.35 bits per heavy atom. The number of primary amides is 1. The summed E-state index contributed by atoms with van der Waals surface area (Å²) in [6, 6.07) is 8.69. The number of amides is 1. The normalized spacial score (nSPS) is 10.7. The molecule has 20 heavy (non-hydrogen) atoms. The van der Waals surface area contributed by atoms with Gasteiger partial charge in [-0.25, -0.2) is 0 Å². The summed E-state index contributed by atoms with van der Waals surface area (Å²) in [4.78, 5) is 15.5. The zero-order chi connectivity index (χ0) is 14.1. The highest BCUT2D eigenvalue weighted by atomic mass is 35.5. The van der Waals surface area contributed by atoms with E-state index < -0.39 is 5.91 Å². The van der Waals surface area contributed by atoms with Gasteiger partial charge in [0.25, 0.3) is 5.91 Å². The lowest BCUT2D eigenvalue weighted by atomic mass is 10.2. The van der Waals surface area contributed by atoms with Crippen molar-refractivity contribution < 1.29 is 9.21 Å². The second-order valence-electron chi connectivity index (χ2n) is 4.18. The minimum absolute atomic E-state index is 0.0612. The van der Waals surface area contributed by atoms with Crippen LogP contribution in [0, 0.1) is 0 Å². The molecule has 3 N–H and O–H groups in total. The van der Waals surface area contributed by atoms with Crippen LogP contribution >= 0.6 is 11.6 Å². The molecule has 0 unspecified atom stereocenters. The van der Waals surface area contributed by atoms with Gasteiger partial charge < -0.3 is 15.5 Å². The Hall–Kier alpha value is -2.53. The quantitative estimate of drug-likeness (QED) is 0.774. The summed E-state index contributed by atoms with van der Waals surface area (Å²) in [5.74, 6) is -0.588. The molecule has 1 amide bonds. The van der Waals surface area contributed by atoms with E-state index >= 15 is 0 Å². The van der Waals surface area contributed by atoms with Crippen molar-refractivity contribution in [1.29, 1.82) is 0 Å². The van der Waals surface area contributed by atoms with Crippen molar-refractivity contribution in [2.75, 3.05) is 5.32 Å². The fourth-order valence-electron chi connectivity index (χ4n) is 1.95. The zero-order valence-corrected chi connectivity index (χ0v) is 11.0. The Morgan fingerprint density at radius 3 is 2.90 bits per heavy atom. The number of nitrogens with one attached hydrogen (secondary N) is 1. The number of aromatic nitrogens is 1. The molecule has 2 aromatic heterocycles. The number of carbonyl (C=O) groups is 1. The first-order valence-corrected chi connectivity index (χ1v) is 6.22. The van der Waals surface area contributed by atoms with E-state index in [0.29, 0.717) is 21.7 Å². The Balaban J connectivity index is 2.18. The standard InChI is InChI=1S/C14H10ClN3O2/c15-8-3-4-11-10(6-8)12(13(20-11)14(16)19)18-9-2-1-5-17-7-9/h1-7,18H,(H2,16,19). The van der Waals surface area contributed by atoms with Crippen LogP contribution in [0.2, 0.25) is 5.02 Å². The van der Waals surface area contributed by atoms with Gasteiger partial charge in [-0.15, -0.1) is 0 Å². The van der Waals surface area contributed by atoms with E-state index in [-0.39, 0.29) is 5.76 Å². The van der Waals surface area contributed by atoms with E-state index in [1.807, 2.05) is 6.07 Å². The summed E-state index contributed by atoms with van der Waals surface area (Å²) in [5.41, 5.74) is 7.09. The maximum absolute atomic E-state index is 11.5. The van der Waals surface area contributed by atoms with Gasteiger partial charge in [-0.1, -0.05) is 11.6 Å². The highest BCUT2D eigenvalue weighted by molar-refractivity contribution is 6.31. The number of pyridine rings is 1. The van der Waals surface area contributed by atoms with E-state index in [1.165, 1.54) is 0 Å². The van der Waals surface area contributed by atoms with Crippen LogP contribution in [0.5, 0.6) is 0 Å². The maximum Gasteiger partial charge on any atom is 0.286 e. The van der Waals surface area contributed by atoms with Crippen LogP contribution in [0.3, 0.4) is 0 Å². The highest BCUT2D eigenvalue weighted by Crippen LogP contribution is 2.34. The lowest BCUT2D eigenvalue weighted by Crippen LogP contribution is -2.11. The van der Waals surface area contributed by atoms with Crippen molar-refractivity contribution in [1.82, 2.24) is 4.98 Å². The van der Waals surface area contributed by atoms with E-state index in [1.54, 1.807) is 36.7 Å². The number of halogens is 1. The molecule has 0 fully saturated rings. The van der Waals surface area contributed by atoms with E-state index in [4.69, 9.17) is 21.8 Å². The smallest absolute Gasteiger partial charge is 0.286 e. The largest absolute Gasteiger partial charge is 0.449 e. The number of carbonyl (C=O) groups excluding carboxylic acids is 1. The van der Waals surface area contributed by atoms with Crippen LogP contribution in [0.15, 0.2) is 47.1 Å². The fourth-order valence-corrected chi connectivity index (χ4v) is 2.12. The number of furan rings is 1. The predicted octanol–water partition coefficient (Wildman–Crippen LogP) is 3.32. The molecular formula is C14H10ClN3O2. The van der Waals surface area contributed by atoms with Crippen molar-refractivity contribution in [3.8, 4) is 0 Å². The average molecular weight is 288 g/mol. The first kappa shape index (κ1) is 12.5. The fraction of sp³-hybridized carbons (Fsp3) is 0. The molecule has 2 heterocycles. The first-order valence-electron chi connectivity index (χ1n) is 5.84. The number of nitrogens with zero attached hydrogens (tertiary/aromatic N) is 1. The van der Waals surface area contributed by atoms with Crippen LogP contribution in [0.4, 0.5) is 11.4 Å². The van der Waals surface area contributed by atoms with Gasteiger partial charge in [0.1, 0.15) is 5.58 Å². The van der Waals surface area contributed by atoms with E-state index in [2.05, 4.69) is 10.3 Å². The number of fused-ring (bicyclic) bond motifs is 1. The Morgan fingerprint density at radius 2 is 2.20 bits per heavy atom. The number of hydrogen-bond acceptors (Lipinski definition) is 4. The Labute approximate surface area is 119 Å². The van der Waals surface area contributed by atoms with E-state index in [9.17, 15) is 4.79 Å². The molecule has 0 spiro atoms. The third-order valence-corrected chi connectivity index (χ3v) is 3.04. The van der Waals surface area contributed by atoms with Crippen molar-refractivity contribution in [3.63, 3.8) is 0 Å². The summed E-state index contributed by atoms with van der Waals surface area (Å²) in [7, 11) is 0. The van der Waals surface area contributed by atoms with Gasteiger partial charge in [0.2, 0.25) is 5.76 Å². The molecule has 0 saturated carbocycles. The molecule has 0 aliphatic rings. The molecule has 0 atom stereocenters. The van der Waals surface area contributed by atoms with Crippen molar-refractivity contribution in [2.45, 2.75) is 0 Å². The molecule has 0 bridgehead atoms. The van der Waals surface area contributed by atoms with Crippen LogP contribution in [0.25, 0.3) is 11.0 Å². The molecule has 1 aromatic carbocycles. The predicted molar refractivity (Wildman–Crippen MR) is 77.3 cm³/mol. The molecule has 5 nitrogen and oxygen atoms in total. The van der Waals surface area contributed by atoms with E-state index in [0.717, 1.165) is 5.69 Å². The van der Waals surface area contributed by atoms with Gasteiger partial charge >= 0.3 is 0 Å². The van der Waals surface area contributed by atoms with Gasteiger partial charge in [-0.05, 0) is 30.3 Å². The van der Waals surface area contributed by atoms with Crippen LogP contribution in [-0.4, -0.2) is 10.9 Å². The van der Waals surface area contributed by atoms with Crippen LogP contribution in [-0.2, 0) is 0 Å². The molecule has 0 aliphatic heterocycles. The lowest BCUT2D eigenvalue weighted by Gasteiger charge is -2.05. The van der Waals surface area contributed by atoms with Crippen molar-refractivity contribution in [2.24, 2.45) is 5.73 Å². The summed E-state index contributed by atoms with van der Waals surface area (Å²) >= 11 is 5.98. The maximum atomic E-state index is 11.5. The highest BCUT2D eigenvalue weighted by Gasteiger charge is 2.19. The minimum atomic E-state index is -0.649. The van der Waals surface area contributed by atoms with Gasteiger partial charge in [0, 0.05) is 16.6 Å². The van der Waals surface area contributed by atoms with Gasteiger partial charge in [0.05, 0.1) is 17.6 Å². The molecule has 0 aliphatic carbocycles. The monoisotopic (exact) mass is 287 g/mol. The second-order valence-corrected chi connectivity index (χ2v) is 4.61. The topological polar surface area (TPSA) is 81.2 Å². The average Bonchev–Trinajstić information content (AvgIpc) is 2.78. The third-order valence-electron chi connectivity index (χ3n) is 2.80. The second kappa shape index (κ2) is 4.86.